The molecule has 2 heterocycles. The molecule has 0 aliphatic carbocycles. The number of aliphatic carboxylic acids is 1. The summed E-state index contributed by atoms with van der Waals surface area (Å²) < 4.78 is 0. The predicted octanol–water partition coefficient (Wildman–Crippen LogP) is 0.729. The third kappa shape index (κ3) is 1.53. The van der Waals surface area contributed by atoms with Crippen LogP contribution in [0.2, 0.25) is 5.15 Å². The van der Waals surface area contributed by atoms with E-state index in [1.54, 1.807) is 0 Å². The van der Waals surface area contributed by atoms with E-state index in [1.807, 2.05) is 0 Å². The van der Waals surface area contributed by atoms with Crippen LogP contribution in [0.4, 0.5) is 0 Å². The maximum absolute atomic E-state index is 10.6. The van der Waals surface area contributed by atoms with Crippen molar-refractivity contribution >= 4 is 28.6 Å². The van der Waals surface area contributed by atoms with Crippen molar-refractivity contribution in [2.75, 3.05) is 0 Å². The number of rotatable bonds is 2. The number of halogens is 1. The van der Waals surface area contributed by atoms with E-state index >= 15 is 0 Å². The number of carboxylic acid groups (broad SMARTS) is 1. The summed E-state index contributed by atoms with van der Waals surface area (Å²) in [6.07, 6.45) is 0.963. The van der Waals surface area contributed by atoms with Gasteiger partial charge in [-0.15, -0.1) is 0 Å². The number of aromatic nitrogens is 3. The van der Waals surface area contributed by atoms with E-state index in [0.29, 0.717) is 11.0 Å². The third-order valence-corrected chi connectivity index (χ3v) is 2.27. The Morgan fingerprint density at radius 1 is 1.53 bits per heavy atom. The molecule has 0 aliphatic rings. The van der Waals surface area contributed by atoms with Crippen LogP contribution in [0, 0.1) is 0 Å². The minimum absolute atomic E-state index is 0.108. The summed E-state index contributed by atoms with van der Waals surface area (Å²) in [7, 11) is 0. The second-order valence-electron chi connectivity index (χ2n) is 2.87. The third-order valence-electron chi connectivity index (χ3n) is 1.98. The molecule has 3 N–H and O–H groups in total. The summed E-state index contributed by atoms with van der Waals surface area (Å²) in [4.78, 5) is 20.9. The van der Waals surface area contributed by atoms with Crippen LogP contribution in [0.25, 0.3) is 11.0 Å². The molecular formula is C8H6ClN3O3. The van der Waals surface area contributed by atoms with E-state index < -0.39 is 12.1 Å². The first-order valence-electron chi connectivity index (χ1n) is 3.99. The molecule has 0 aromatic carbocycles. The SMILES string of the molecule is O=C(O)C(O)c1c[nH]c2ncnc(Cl)c12. The van der Waals surface area contributed by atoms with Gasteiger partial charge in [0.15, 0.2) is 6.10 Å². The molecule has 0 saturated heterocycles. The first-order valence-corrected chi connectivity index (χ1v) is 4.37. The van der Waals surface area contributed by atoms with E-state index in [0.717, 1.165) is 0 Å². The highest BCUT2D eigenvalue weighted by Gasteiger charge is 2.22. The quantitative estimate of drug-likeness (QED) is 0.657. The lowest BCUT2D eigenvalue weighted by atomic mass is 10.1. The predicted molar refractivity (Wildman–Crippen MR) is 51.5 cm³/mol. The Morgan fingerprint density at radius 3 is 2.93 bits per heavy atom. The van der Waals surface area contributed by atoms with Crippen molar-refractivity contribution in [2.24, 2.45) is 0 Å². The molecule has 0 fully saturated rings. The zero-order chi connectivity index (χ0) is 11.0. The van der Waals surface area contributed by atoms with Crippen LogP contribution in [0.3, 0.4) is 0 Å². The van der Waals surface area contributed by atoms with E-state index in [1.165, 1.54) is 12.5 Å². The van der Waals surface area contributed by atoms with Gasteiger partial charge in [0.2, 0.25) is 0 Å². The van der Waals surface area contributed by atoms with Crippen LogP contribution >= 0.6 is 11.6 Å². The maximum Gasteiger partial charge on any atom is 0.337 e. The van der Waals surface area contributed by atoms with Gasteiger partial charge in [-0.1, -0.05) is 11.6 Å². The normalized spacial score (nSPS) is 12.9. The van der Waals surface area contributed by atoms with Crippen LogP contribution in [0.5, 0.6) is 0 Å². The fraction of sp³-hybridized carbons (Fsp3) is 0.125. The van der Waals surface area contributed by atoms with Gasteiger partial charge in [-0.3, -0.25) is 0 Å². The van der Waals surface area contributed by atoms with Crippen molar-refractivity contribution in [1.82, 2.24) is 15.0 Å². The number of fused-ring (bicyclic) bond motifs is 1. The number of aliphatic hydroxyl groups is 1. The average molecular weight is 228 g/mol. The molecule has 1 atom stereocenters. The topological polar surface area (TPSA) is 99.1 Å². The standard InChI is InChI=1S/C8H6ClN3O3/c9-6-4-3(5(13)8(14)15)1-10-7(4)12-2-11-6/h1-2,5,13H,(H,14,15)(H,10,11,12). The van der Waals surface area contributed by atoms with E-state index in [9.17, 15) is 9.90 Å². The Kier molecular flexibility index (Phi) is 2.29. The average Bonchev–Trinajstić information content (AvgIpc) is 2.61. The molecule has 2 rings (SSSR count). The minimum atomic E-state index is -1.64. The van der Waals surface area contributed by atoms with Gasteiger partial charge in [-0.05, 0) is 0 Å². The Labute approximate surface area is 88.5 Å². The summed E-state index contributed by atoms with van der Waals surface area (Å²) in [5, 5.41) is 18.5. The number of aliphatic hydroxyl groups excluding tert-OH is 1. The molecule has 15 heavy (non-hydrogen) atoms. The fourth-order valence-electron chi connectivity index (χ4n) is 1.30. The molecule has 2 aromatic rings. The number of H-pyrrole nitrogens is 1. The van der Waals surface area contributed by atoms with Crippen LogP contribution in [-0.2, 0) is 4.79 Å². The van der Waals surface area contributed by atoms with Crippen molar-refractivity contribution in [3.8, 4) is 0 Å². The largest absolute Gasteiger partial charge is 0.479 e. The molecule has 0 amide bonds. The highest BCUT2D eigenvalue weighted by Crippen LogP contribution is 2.27. The lowest BCUT2D eigenvalue weighted by molar-refractivity contribution is -0.146. The molecule has 6 nitrogen and oxygen atoms in total. The lowest BCUT2D eigenvalue weighted by Gasteiger charge is -2.03. The monoisotopic (exact) mass is 227 g/mol. The summed E-state index contributed by atoms with van der Waals surface area (Å²) in [5.74, 6) is -1.35. The van der Waals surface area contributed by atoms with E-state index in [-0.39, 0.29) is 10.7 Å². The van der Waals surface area contributed by atoms with E-state index in [4.69, 9.17) is 16.7 Å². The molecule has 0 aliphatic heterocycles. The van der Waals surface area contributed by atoms with Crippen molar-refractivity contribution in [2.45, 2.75) is 6.10 Å². The Balaban J connectivity index is 2.67. The first-order chi connectivity index (χ1) is 7.11. The Bertz CT molecular complexity index is 525. The number of nitrogens with zero attached hydrogens (tertiary/aromatic N) is 2. The Morgan fingerprint density at radius 2 is 2.27 bits per heavy atom. The summed E-state index contributed by atoms with van der Waals surface area (Å²) in [6.45, 7) is 0. The van der Waals surface area contributed by atoms with Gasteiger partial charge in [0.25, 0.3) is 0 Å². The number of carbonyl (C=O) groups is 1. The van der Waals surface area contributed by atoms with Gasteiger partial charge >= 0.3 is 5.97 Å². The zero-order valence-corrected chi connectivity index (χ0v) is 8.06. The van der Waals surface area contributed by atoms with Gasteiger partial charge in [0, 0.05) is 11.8 Å². The number of hydrogen-bond acceptors (Lipinski definition) is 4. The van der Waals surface area contributed by atoms with Gasteiger partial charge in [-0.25, -0.2) is 14.8 Å². The smallest absolute Gasteiger partial charge is 0.337 e. The highest BCUT2D eigenvalue weighted by molar-refractivity contribution is 6.34. The van der Waals surface area contributed by atoms with Crippen LogP contribution in [0.15, 0.2) is 12.5 Å². The molecule has 0 bridgehead atoms. The maximum atomic E-state index is 10.6. The molecular weight excluding hydrogens is 222 g/mol. The molecule has 78 valence electrons. The molecule has 0 saturated carbocycles. The highest BCUT2D eigenvalue weighted by atomic mass is 35.5. The van der Waals surface area contributed by atoms with Gasteiger partial charge in [0.1, 0.15) is 17.1 Å². The van der Waals surface area contributed by atoms with E-state index in [2.05, 4.69) is 15.0 Å². The van der Waals surface area contributed by atoms with Crippen molar-refractivity contribution < 1.29 is 15.0 Å². The summed E-state index contributed by atoms with van der Waals surface area (Å²) in [5.41, 5.74) is 0.549. The molecule has 1 unspecified atom stereocenters. The second kappa shape index (κ2) is 3.48. The van der Waals surface area contributed by atoms with Crippen molar-refractivity contribution in [3.05, 3.63) is 23.2 Å². The van der Waals surface area contributed by atoms with Gasteiger partial charge < -0.3 is 15.2 Å². The number of aromatic amines is 1. The van der Waals surface area contributed by atoms with Gasteiger partial charge in [0.05, 0.1) is 5.39 Å². The Hall–Kier alpha value is -1.66. The summed E-state index contributed by atoms with van der Waals surface area (Å²) in [6, 6.07) is 0. The van der Waals surface area contributed by atoms with Crippen LogP contribution < -0.4 is 0 Å². The zero-order valence-electron chi connectivity index (χ0n) is 7.31. The van der Waals surface area contributed by atoms with Crippen molar-refractivity contribution in [1.29, 1.82) is 0 Å². The van der Waals surface area contributed by atoms with Crippen molar-refractivity contribution in [3.63, 3.8) is 0 Å². The number of nitrogens with one attached hydrogen (secondary N) is 1. The molecule has 0 spiro atoms. The molecule has 2 aromatic heterocycles. The lowest BCUT2D eigenvalue weighted by Crippen LogP contribution is -2.09. The first kappa shape index (κ1) is 9.88. The van der Waals surface area contributed by atoms with Crippen LogP contribution in [-0.4, -0.2) is 31.1 Å². The molecule has 0 radical (unpaired) electrons. The summed E-state index contributed by atoms with van der Waals surface area (Å²) >= 11 is 5.78. The molecule has 7 heteroatoms. The fourth-order valence-corrected chi connectivity index (χ4v) is 1.54. The number of carboxylic acids is 1. The second-order valence-corrected chi connectivity index (χ2v) is 3.23. The van der Waals surface area contributed by atoms with Crippen LogP contribution in [0.1, 0.15) is 11.7 Å². The van der Waals surface area contributed by atoms with Gasteiger partial charge in [-0.2, -0.15) is 0 Å². The minimum Gasteiger partial charge on any atom is -0.479 e. The number of hydrogen-bond donors (Lipinski definition) is 3.